The van der Waals surface area contributed by atoms with Crippen LogP contribution in [0, 0.1) is 5.92 Å². The Kier molecular flexibility index (Phi) is 6.66. The Bertz CT molecular complexity index is 188. The van der Waals surface area contributed by atoms with Crippen LogP contribution in [-0.2, 0) is 4.74 Å². The van der Waals surface area contributed by atoms with Gasteiger partial charge in [-0.25, -0.2) is 0 Å². The molecule has 2 aliphatic rings. The Morgan fingerprint density at radius 3 is 2.81 bits per heavy atom. The van der Waals surface area contributed by atoms with E-state index >= 15 is 0 Å². The van der Waals surface area contributed by atoms with E-state index in [4.69, 9.17) is 4.74 Å². The van der Waals surface area contributed by atoms with E-state index in [1.54, 1.807) is 0 Å². The van der Waals surface area contributed by atoms with E-state index in [1.807, 2.05) is 7.05 Å². The van der Waals surface area contributed by atoms with Gasteiger partial charge in [0.25, 0.3) is 0 Å². The van der Waals surface area contributed by atoms with Crippen LogP contribution < -0.4 is 5.32 Å². The van der Waals surface area contributed by atoms with Crippen LogP contribution in [0.4, 0.5) is 0 Å². The van der Waals surface area contributed by atoms with Gasteiger partial charge >= 0.3 is 0 Å². The van der Waals surface area contributed by atoms with Crippen molar-refractivity contribution in [3.8, 4) is 0 Å². The summed E-state index contributed by atoms with van der Waals surface area (Å²) in [5.41, 5.74) is 0. The fourth-order valence-electron chi connectivity index (χ4n) is 2.37. The van der Waals surface area contributed by atoms with Crippen LogP contribution in [0.15, 0.2) is 0 Å². The minimum absolute atomic E-state index is 0. The third kappa shape index (κ3) is 4.58. The molecule has 1 atom stereocenters. The molecule has 0 spiro atoms. The fourth-order valence-corrected chi connectivity index (χ4v) is 2.37. The van der Waals surface area contributed by atoms with Crippen molar-refractivity contribution in [2.75, 3.05) is 39.9 Å². The molecule has 0 radical (unpaired) electrons. The van der Waals surface area contributed by atoms with Crippen LogP contribution >= 0.6 is 12.4 Å². The van der Waals surface area contributed by atoms with Gasteiger partial charge in [-0.3, -0.25) is 4.90 Å². The Labute approximate surface area is 105 Å². The minimum Gasteiger partial charge on any atom is -0.380 e. The van der Waals surface area contributed by atoms with Gasteiger partial charge in [0.2, 0.25) is 0 Å². The smallest absolute Gasteiger partial charge is 0.0593 e. The van der Waals surface area contributed by atoms with E-state index in [2.05, 4.69) is 10.2 Å². The zero-order chi connectivity index (χ0) is 10.5. The van der Waals surface area contributed by atoms with Crippen molar-refractivity contribution in [3.63, 3.8) is 0 Å². The first-order valence-corrected chi connectivity index (χ1v) is 6.36. The molecule has 0 aromatic rings. The second-order valence-electron chi connectivity index (χ2n) is 4.91. The molecule has 0 bridgehead atoms. The number of hydrogen-bond donors (Lipinski definition) is 1. The molecule has 1 saturated heterocycles. The van der Waals surface area contributed by atoms with Gasteiger partial charge in [0.15, 0.2) is 0 Å². The van der Waals surface area contributed by atoms with Gasteiger partial charge in [-0.2, -0.15) is 0 Å². The van der Waals surface area contributed by atoms with Gasteiger partial charge in [0, 0.05) is 25.7 Å². The van der Waals surface area contributed by atoms with E-state index in [1.165, 1.54) is 32.2 Å². The quantitative estimate of drug-likeness (QED) is 0.692. The standard InChI is InChI=1S/C12H24N2O.ClH/c1-13-9-12-3-2-6-14(12)7-8-15-10-11-4-5-11;/h11-13H,2-10H2,1H3;1H. The number of ether oxygens (including phenoxy) is 1. The van der Waals surface area contributed by atoms with Crippen LogP contribution in [0.3, 0.4) is 0 Å². The van der Waals surface area contributed by atoms with Crippen LogP contribution in [0.25, 0.3) is 0 Å². The monoisotopic (exact) mass is 248 g/mol. The molecule has 4 heteroatoms. The maximum absolute atomic E-state index is 5.68. The van der Waals surface area contributed by atoms with Gasteiger partial charge < -0.3 is 10.1 Å². The van der Waals surface area contributed by atoms with Crippen molar-refractivity contribution in [1.29, 1.82) is 0 Å². The van der Waals surface area contributed by atoms with Gasteiger partial charge in [0.05, 0.1) is 6.61 Å². The summed E-state index contributed by atoms with van der Waals surface area (Å²) in [5, 5.41) is 3.28. The predicted molar refractivity (Wildman–Crippen MR) is 69.3 cm³/mol. The van der Waals surface area contributed by atoms with Crippen molar-refractivity contribution in [1.82, 2.24) is 10.2 Å². The zero-order valence-electron chi connectivity index (χ0n) is 10.3. The highest BCUT2D eigenvalue weighted by Gasteiger charge is 2.24. The molecule has 0 aromatic heterocycles. The number of likely N-dealkylation sites (tertiary alicyclic amines) is 1. The zero-order valence-corrected chi connectivity index (χ0v) is 11.1. The Morgan fingerprint density at radius 2 is 2.12 bits per heavy atom. The molecule has 1 aliphatic heterocycles. The largest absolute Gasteiger partial charge is 0.380 e. The first-order valence-electron chi connectivity index (χ1n) is 6.36. The van der Waals surface area contributed by atoms with Gasteiger partial charge in [0.1, 0.15) is 0 Å². The van der Waals surface area contributed by atoms with Crippen LogP contribution in [-0.4, -0.2) is 50.8 Å². The van der Waals surface area contributed by atoms with Gasteiger partial charge in [-0.15, -0.1) is 12.4 Å². The third-order valence-electron chi connectivity index (χ3n) is 3.51. The maximum atomic E-state index is 5.68. The topological polar surface area (TPSA) is 24.5 Å². The lowest BCUT2D eigenvalue weighted by molar-refractivity contribution is 0.0924. The summed E-state index contributed by atoms with van der Waals surface area (Å²) in [7, 11) is 2.04. The number of rotatable bonds is 7. The molecule has 0 amide bonds. The van der Waals surface area contributed by atoms with Gasteiger partial charge in [-0.1, -0.05) is 0 Å². The van der Waals surface area contributed by atoms with Crippen molar-refractivity contribution in [3.05, 3.63) is 0 Å². The van der Waals surface area contributed by atoms with E-state index in [0.29, 0.717) is 0 Å². The first-order chi connectivity index (χ1) is 7.40. The molecule has 1 N–H and O–H groups in total. The Morgan fingerprint density at radius 1 is 1.31 bits per heavy atom. The molecule has 2 fully saturated rings. The lowest BCUT2D eigenvalue weighted by Crippen LogP contribution is -2.38. The van der Waals surface area contributed by atoms with E-state index in [-0.39, 0.29) is 12.4 Å². The molecule has 96 valence electrons. The molecule has 1 unspecified atom stereocenters. The van der Waals surface area contributed by atoms with Gasteiger partial charge in [-0.05, 0) is 45.2 Å². The average molecular weight is 249 g/mol. The van der Waals surface area contributed by atoms with Crippen molar-refractivity contribution >= 4 is 12.4 Å². The molecular formula is C12H25ClN2O. The average Bonchev–Trinajstić information content (AvgIpc) is 2.96. The molecule has 0 aromatic carbocycles. The highest BCUT2D eigenvalue weighted by atomic mass is 35.5. The van der Waals surface area contributed by atoms with E-state index in [0.717, 1.165) is 38.3 Å². The lowest BCUT2D eigenvalue weighted by atomic mass is 10.2. The molecule has 1 heterocycles. The normalized spacial score (nSPS) is 25.7. The summed E-state index contributed by atoms with van der Waals surface area (Å²) >= 11 is 0. The summed E-state index contributed by atoms with van der Waals surface area (Å²) in [6.45, 7) is 5.45. The molecular weight excluding hydrogens is 224 g/mol. The molecule has 1 saturated carbocycles. The summed E-state index contributed by atoms with van der Waals surface area (Å²) in [4.78, 5) is 2.57. The second-order valence-corrected chi connectivity index (χ2v) is 4.91. The maximum Gasteiger partial charge on any atom is 0.0593 e. The number of nitrogens with one attached hydrogen (secondary N) is 1. The Hall–Kier alpha value is 0.170. The fraction of sp³-hybridized carbons (Fsp3) is 1.00. The number of likely N-dealkylation sites (N-methyl/N-ethyl adjacent to an activating group) is 1. The summed E-state index contributed by atoms with van der Waals surface area (Å²) in [6, 6.07) is 0.750. The van der Waals surface area contributed by atoms with Crippen molar-refractivity contribution < 1.29 is 4.74 Å². The molecule has 16 heavy (non-hydrogen) atoms. The highest BCUT2D eigenvalue weighted by molar-refractivity contribution is 5.85. The molecule has 2 rings (SSSR count). The third-order valence-corrected chi connectivity index (χ3v) is 3.51. The number of nitrogens with zero attached hydrogens (tertiary/aromatic N) is 1. The molecule has 3 nitrogen and oxygen atoms in total. The summed E-state index contributed by atoms with van der Waals surface area (Å²) in [5.74, 6) is 0.900. The van der Waals surface area contributed by atoms with Crippen molar-refractivity contribution in [2.45, 2.75) is 31.7 Å². The first kappa shape index (κ1) is 14.2. The van der Waals surface area contributed by atoms with Crippen LogP contribution in [0.5, 0.6) is 0 Å². The summed E-state index contributed by atoms with van der Waals surface area (Å²) < 4.78 is 5.68. The van der Waals surface area contributed by atoms with E-state index in [9.17, 15) is 0 Å². The Balaban J connectivity index is 0.00000128. The highest BCUT2D eigenvalue weighted by Crippen LogP contribution is 2.28. The second kappa shape index (κ2) is 7.49. The minimum atomic E-state index is 0. The van der Waals surface area contributed by atoms with Crippen LogP contribution in [0.2, 0.25) is 0 Å². The lowest BCUT2D eigenvalue weighted by Gasteiger charge is -2.23. The number of halogens is 1. The summed E-state index contributed by atoms with van der Waals surface area (Å²) in [6.07, 6.45) is 5.50. The molecule has 1 aliphatic carbocycles. The predicted octanol–water partition coefficient (Wildman–Crippen LogP) is 1.52. The van der Waals surface area contributed by atoms with E-state index < -0.39 is 0 Å². The van der Waals surface area contributed by atoms with Crippen LogP contribution in [0.1, 0.15) is 25.7 Å². The number of hydrogen-bond acceptors (Lipinski definition) is 3. The van der Waals surface area contributed by atoms with Crippen molar-refractivity contribution in [2.24, 2.45) is 5.92 Å². The SMILES string of the molecule is CNCC1CCCN1CCOCC1CC1.Cl.